The molecule has 2 heterocycles. The highest BCUT2D eigenvalue weighted by molar-refractivity contribution is 5.99. The zero-order valence-corrected chi connectivity index (χ0v) is 21.6. The highest BCUT2D eigenvalue weighted by Gasteiger charge is 2.45. The van der Waals surface area contributed by atoms with E-state index in [0.717, 1.165) is 18.4 Å². The number of hydrogen-bond acceptors (Lipinski definition) is 6. The molecule has 9 heteroatoms. The van der Waals surface area contributed by atoms with Crippen LogP contribution >= 0.6 is 0 Å². The van der Waals surface area contributed by atoms with Crippen molar-refractivity contribution >= 4 is 23.5 Å². The normalized spacial score (nSPS) is 23.4. The molecule has 196 valence electrons. The summed E-state index contributed by atoms with van der Waals surface area (Å²) in [5, 5.41) is 2.87. The molecule has 5 rings (SSSR count). The quantitative estimate of drug-likeness (QED) is 0.617. The third-order valence-corrected chi connectivity index (χ3v) is 8.08. The van der Waals surface area contributed by atoms with E-state index in [4.69, 9.17) is 9.47 Å². The molecule has 3 aliphatic rings. The summed E-state index contributed by atoms with van der Waals surface area (Å²) >= 11 is 0. The molecule has 1 aromatic heterocycles. The maximum Gasteiger partial charge on any atom is 0.308 e. The van der Waals surface area contributed by atoms with Crippen LogP contribution in [0.15, 0.2) is 24.3 Å². The Morgan fingerprint density at radius 2 is 1.86 bits per heavy atom. The smallest absolute Gasteiger partial charge is 0.308 e. The van der Waals surface area contributed by atoms with Crippen LogP contribution in [0.3, 0.4) is 0 Å². The molecule has 0 radical (unpaired) electrons. The van der Waals surface area contributed by atoms with Crippen molar-refractivity contribution in [2.24, 2.45) is 11.8 Å². The van der Waals surface area contributed by atoms with Gasteiger partial charge in [-0.1, -0.05) is 13.8 Å². The van der Waals surface area contributed by atoms with Crippen LogP contribution in [0.4, 0.5) is 10.1 Å². The molecular weight excluding hydrogens is 477 g/mol. The Hall–Kier alpha value is -3.49. The summed E-state index contributed by atoms with van der Waals surface area (Å²) in [7, 11) is 2.86. The molecule has 1 saturated carbocycles. The monoisotopic (exact) mass is 509 g/mol. The Morgan fingerprint density at radius 1 is 1.11 bits per heavy atom. The van der Waals surface area contributed by atoms with Crippen molar-refractivity contribution < 1.29 is 28.2 Å². The first kappa shape index (κ1) is 25.2. The van der Waals surface area contributed by atoms with E-state index >= 15 is 4.39 Å². The number of amides is 2. The Labute approximate surface area is 215 Å². The number of hydrogen-bond donors (Lipinski definition) is 1. The summed E-state index contributed by atoms with van der Waals surface area (Å²) in [6, 6.07) is 5.69. The van der Waals surface area contributed by atoms with Crippen molar-refractivity contribution in [3.63, 3.8) is 0 Å². The predicted molar refractivity (Wildman–Crippen MR) is 134 cm³/mol. The Morgan fingerprint density at radius 3 is 2.57 bits per heavy atom. The van der Waals surface area contributed by atoms with Gasteiger partial charge >= 0.3 is 5.97 Å². The highest BCUT2D eigenvalue weighted by atomic mass is 19.1. The number of nitrogens with one attached hydrogen (secondary N) is 1. The maximum absolute atomic E-state index is 15.1. The molecule has 0 unspecified atom stereocenters. The summed E-state index contributed by atoms with van der Waals surface area (Å²) in [6.45, 7) is 4.35. The first-order chi connectivity index (χ1) is 17.6. The van der Waals surface area contributed by atoms with Gasteiger partial charge in [-0.3, -0.25) is 14.4 Å². The molecular formula is C28H32FN3O5. The molecule has 2 aromatic rings. The minimum atomic E-state index is -0.931. The lowest BCUT2D eigenvalue weighted by Crippen LogP contribution is -2.50. The van der Waals surface area contributed by atoms with Crippen molar-refractivity contribution in [3.05, 3.63) is 52.5 Å². The van der Waals surface area contributed by atoms with Gasteiger partial charge in [0.1, 0.15) is 11.9 Å². The second-order valence-electron chi connectivity index (χ2n) is 10.8. The number of esters is 1. The van der Waals surface area contributed by atoms with Crippen molar-refractivity contribution in [2.45, 2.75) is 57.4 Å². The van der Waals surface area contributed by atoms with E-state index in [1.165, 1.54) is 20.3 Å². The molecule has 1 aromatic carbocycles. The summed E-state index contributed by atoms with van der Waals surface area (Å²) in [6.07, 6.45) is 2.85. The highest BCUT2D eigenvalue weighted by Crippen LogP contribution is 2.42. The lowest BCUT2D eigenvalue weighted by Gasteiger charge is -2.41. The molecule has 1 fully saturated rings. The minimum absolute atomic E-state index is 0.177. The van der Waals surface area contributed by atoms with E-state index < -0.39 is 11.9 Å². The molecule has 1 N–H and O–H groups in total. The molecule has 1 atom stereocenters. The van der Waals surface area contributed by atoms with Crippen LogP contribution in [0.2, 0.25) is 0 Å². The van der Waals surface area contributed by atoms with Gasteiger partial charge in [0.15, 0.2) is 0 Å². The average Bonchev–Trinajstić information content (AvgIpc) is 3.16. The molecule has 0 saturated heterocycles. The lowest BCUT2D eigenvalue weighted by molar-refractivity contribution is -0.156. The van der Waals surface area contributed by atoms with Crippen LogP contribution in [-0.2, 0) is 37.4 Å². The van der Waals surface area contributed by atoms with Crippen molar-refractivity contribution in [3.8, 4) is 5.88 Å². The van der Waals surface area contributed by atoms with Gasteiger partial charge in [-0.15, -0.1) is 0 Å². The topological polar surface area (TPSA) is 97.8 Å². The number of benzene rings is 1. The van der Waals surface area contributed by atoms with Gasteiger partial charge in [-0.25, -0.2) is 9.37 Å². The SMILES string of the molecule is COC(=O)C1CC(C(=O)N2CCc3nc(OC)ccc3[C@@H]2C(=O)Nc2cc(F)c3c(c2)CCC3(C)C)C1. The molecule has 2 amide bonds. The number of fused-ring (bicyclic) bond motifs is 2. The fourth-order valence-electron chi connectivity index (χ4n) is 5.99. The van der Waals surface area contributed by atoms with Gasteiger partial charge in [0, 0.05) is 36.2 Å². The van der Waals surface area contributed by atoms with E-state index in [0.29, 0.717) is 54.2 Å². The average molecular weight is 510 g/mol. The van der Waals surface area contributed by atoms with Gasteiger partial charge in [-0.05, 0) is 60.4 Å². The molecule has 37 heavy (non-hydrogen) atoms. The van der Waals surface area contributed by atoms with E-state index in [2.05, 4.69) is 10.3 Å². The largest absolute Gasteiger partial charge is 0.481 e. The second-order valence-corrected chi connectivity index (χ2v) is 10.8. The first-order valence-electron chi connectivity index (χ1n) is 12.7. The predicted octanol–water partition coefficient (Wildman–Crippen LogP) is 3.72. The van der Waals surface area contributed by atoms with Gasteiger partial charge in [0.05, 0.1) is 25.8 Å². The van der Waals surface area contributed by atoms with E-state index in [1.54, 1.807) is 17.0 Å². The summed E-state index contributed by atoms with van der Waals surface area (Å²) in [4.78, 5) is 45.1. The molecule has 0 spiro atoms. The van der Waals surface area contributed by atoms with E-state index in [1.807, 2.05) is 19.9 Å². The number of nitrogens with zero attached hydrogens (tertiary/aromatic N) is 2. The molecule has 2 aliphatic carbocycles. The number of methoxy groups -OCH3 is 2. The number of rotatable bonds is 5. The summed E-state index contributed by atoms with van der Waals surface area (Å²) < 4.78 is 25.1. The number of ether oxygens (including phenoxy) is 2. The van der Waals surface area contributed by atoms with E-state index in [-0.39, 0.29) is 34.9 Å². The number of pyridine rings is 1. The number of aryl methyl sites for hydroxylation is 1. The number of halogens is 1. The van der Waals surface area contributed by atoms with Crippen molar-refractivity contribution in [2.75, 3.05) is 26.1 Å². The fraction of sp³-hybridized carbons (Fsp3) is 0.500. The van der Waals surface area contributed by atoms with Crippen LogP contribution in [0, 0.1) is 17.7 Å². The molecule has 1 aliphatic heterocycles. The second kappa shape index (κ2) is 9.43. The number of anilines is 1. The van der Waals surface area contributed by atoms with Crippen LogP contribution in [0.25, 0.3) is 0 Å². The number of aromatic nitrogens is 1. The van der Waals surface area contributed by atoms with Crippen LogP contribution in [0.1, 0.15) is 61.5 Å². The van der Waals surface area contributed by atoms with Crippen molar-refractivity contribution in [1.82, 2.24) is 9.88 Å². The Bertz CT molecular complexity index is 1270. The third-order valence-electron chi connectivity index (χ3n) is 8.08. The van der Waals surface area contributed by atoms with Gasteiger partial charge in [-0.2, -0.15) is 0 Å². The van der Waals surface area contributed by atoms with Crippen LogP contribution in [-0.4, -0.2) is 48.4 Å². The van der Waals surface area contributed by atoms with E-state index in [9.17, 15) is 14.4 Å². The summed E-state index contributed by atoms with van der Waals surface area (Å²) in [5.74, 6) is -1.48. The van der Waals surface area contributed by atoms with Crippen LogP contribution in [0.5, 0.6) is 5.88 Å². The van der Waals surface area contributed by atoms with Gasteiger partial charge < -0.3 is 19.7 Å². The van der Waals surface area contributed by atoms with Gasteiger partial charge in [0.25, 0.3) is 5.91 Å². The molecule has 0 bridgehead atoms. The standard InChI is InChI=1S/C28H32FN3O5/c1-28(2)9-7-15-13-18(14-20(29)23(15)28)30-25(33)24-19-5-6-22(36-3)31-21(19)8-10-32(24)26(34)16-11-17(12-16)27(35)37-4/h5-6,13-14,16-17,24H,7-12H2,1-4H3,(H,30,33)/t16?,17?,24-/m1/s1. The zero-order valence-electron chi connectivity index (χ0n) is 21.6. The maximum atomic E-state index is 15.1. The molecule has 8 nitrogen and oxygen atoms in total. The fourth-order valence-corrected chi connectivity index (χ4v) is 5.99. The zero-order chi connectivity index (χ0) is 26.5. The van der Waals surface area contributed by atoms with Crippen molar-refractivity contribution in [1.29, 1.82) is 0 Å². The first-order valence-corrected chi connectivity index (χ1v) is 12.7. The number of carbonyl (C=O) groups excluding carboxylic acids is 3. The Balaban J connectivity index is 1.43. The summed E-state index contributed by atoms with van der Waals surface area (Å²) in [5.41, 5.74) is 3.02. The number of carbonyl (C=O) groups is 3. The Kier molecular flexibility index (Phi) is 6.41. The van der Waals surface area contributed by atoms with Crippen LogP contribution < -0.4 is 10.1 Å². The lowest BCUT2D eigenvalue weighted by atomic mass is 9.73. The van der Waals surface area contributed by atoms with Gasteiger partial charge in [0.2, 0.25) is 11.8 Å². The minimum Gasteiger partial charge on any atom is -0.481 e. The third kappa shape index (κ3) is 4.45.